The molecule has 0 radical (unpaired) electrons. The number of H-pyrrole nitrogens is 1. The Balaban J connectivity index is 1.45. The molecule has 1 N–H and O–H groups in total. The molecule has 0 amide bonds. The van der Waals surface area contributed by atoms with E-state index >= 15 is 0 Å². The fourth-order valence-corrected chi connectivity index (χ4v) is 4.00. The van der Waals surface area contributed by atoms with Crippen LogP contribution in [0.25, 0.3) is 10.9 Å². The van der Waals surface area contributed by atoms with Crippen LogP contribution < -0.4 is 4.90 Å². The fraction of sp³-hybridized carbons (Fsp3) is 0.435. The van der Waals surface area contributed by atoms with E-state index in [2.05, 4.69) is 39.7 Å². The number of ketones is 1. The Labute approximate surface area is 172 Å². The number of fused-ring (bicyclic) bond motifs is 1. The molecule has 0 aliphatic carbocycles. The summed E-state index contributed by atoms with van der Waals surface area (Å²) in [7, 11) is 0. The molecule has 1 aliphatic heterocycles. The van der Waals surface area contributed by atoms with Gasteiger partial charge < -0.3 is 9.88 Å². The predicted molar refractivity (Wildman–Crippen MR) is 117 cm³/mol. The molecule has 3 heterocycles. The highest BCUT2D eigenvalue weighted by molar-refractivity contribution is 6.10. The van der Waals surface area contributed by atoms with Crippen molar-refractivity contribution in [1.29, 1.82) is 0 Å². The molecule has 2 aromatic heterocycles. The largest absolute Gasteiger partial charge is 0.360 e. The van der Waals surface area contributed by atoms with E-state index in [4.69, 9.17) is 4.98 Å². The van der Waals surface area contributed by atoms with Gasteiger partial charge >= 0.3 is 0 Å². The number of carbonyl (C=O) groups excluding carboxylic acids is 1. The van der Waals surface area contributed by atoms with E-state index in [1.54, 1.807) is 0 Å². The van der Waals surface area contributed by atoms with E-state index in [0.717, 1.165) is 60.0 Å². The Kier molecular flexibility index (Phi) is 5.37. The summed E-state index contributed by atoms with van der Waals surface area (Å²) >= 11 is 0. The lowest BCUT2D eigenvalue weighted by Crippen LogP contribution is -2.52. The highest BCUT2D eigenvalue weighted by Gasteiger charge is 2.28. The van der Waals surface area contributed by atoms with Crippen LogP contribution in [-0.4, -0.2) is 57.9 Å². The van der Waals surface area contributed by atoms with Crippen LogP contribution in [-0.2, 0) is 0 Å². The van der Waals surface area contributed by atoms with Crippen molar-refractivity contribution in [2.24, 2.45) is 0 Å². The minimum atomic E-state index is -0.144. The van der Waals surface area contributed by atoms with Crippen molar-refractivity contribution in [2.75, 3.05) is 31.1 Å². The summed E-state index contributed by atoms with van der Waals surface area (Å²) in [6.07, 6.45) is 1.84. The van der Waals surface area contributed by atoms with Crippen LogP contribution in [0.3, 0.4) is 0 Å². The lowest BCUT2D eigenvalue weighted by Gasteiger charge is -2.38. The number of aryl methyl sites for hydroxylation is 1. The summed E-state index contributed by atoms with van der Waals surface area (Å²) in [6, 6.07) is 9.89. The highest BCUT2D eigenvalue weighted by atomic mass is 16.1. The molecule has 4 rings (SSSR count). The maximum atomic E-state index is 13.1. The molecule has 0 saturated carbocycles. The molecule has 1 saturated heterocycles. The van der Waals surface area contributed by atoms with Crippen LogP contribution in [0.15, 0.2) is 36.5 Å². The van der Waals surface area contributed by atoms with Gasteiger partial charge in [0.25, 0.3) is 0 Å². The Morgan fingerprint density at radius 2 is 1.79 bits per heavy atom. The molecule has 29 heavy (non-hydrogen) atoms. The number of aromatic nitrogens is 3. The lowest BCUT2D eigenvalue weighted by molar-refractivity contribution is 0.0831. The Morgan fingerprint density at radius 1 is 1.07 bits per heavy atom. The molecule has 1 atom stereocenters. The summed E-state index contributed by atoms with van der Waals surface area (Å²) in [5, 5.41) is 1.00. The van der Waals surface area contributed by atoms with Crippen molar-refractivity contribution in [3.05, 3.63) is 53.6 Å². The number of para-hydroxylation sites is 1. The highest BCUT2D eigenvalue weighted by Crippen LogP contribution is 2.23. The number of aromatic amines is 1. The van der Waals surface area contributed by atoms with Gasteiger partial charge in [-0.25, -0.2) is 9.97 Å². The van der Waals surface area contributed by atoms with Crippen LogP contribution in [0.4, 0.5) is 5.82 Å². The standard InChI is InChI=1S/C23H29N5O/c1-15(2)23-25-16(3)13-21(26-23)28-11-9-27(10-12-28)17(4)22(29)19-14-24-20-8-6-5-7-18(19)20/h5-8,13-15,17,24H,9-12H2,1-4H3. The Bertz CT molecular complexity index is 1020. The van der Waals surface area contributed by atoms with Crippen molar-refractivity contribution in [3.63, 3.8) is 0 Å². The molecule has 1 unspecified atom stereocenters. The first kappa shape index (κ1) is 19.6. The van der Waals surface area contributed by atoms with Crippen LogP contribution in [0.5, 0.6) is 0 Å². The molecule has 0 spiro atoms. The molecule has 6 heteroatoms. The molecular formula is C23H29N5O. The van der Waals surface area contributed by atoms with E-state index in [1.165, 1.54) is 0 Å². The third kappa shape index (κ3) is 3.90. The first-order chi connectivity index (χ1) is 13.9. The number of benzene rings is 1. The molecular weight excluding hydrogens is 362 g/mol. The number of nitrogens with zero attached hydrogens (tertiary/aromatic N) is 4. The maximum Gasteiger partial charge on any atom is 0.181 e. The van der Waals surface area contributed by atoms with Crippen LogP contribution in [0.2, 0.25) is 0 Å². The molecule has 1 fully saturated rings. The number of Topliss-reactive ketones (excluding diaryl/α,β-unsaturated/α-hetero) is 1. The first-order valence-corrected chi connectivity index (χ1v) is 10.4. The smallest absolute Gasteiger partial charge is 0.181 e. The number of piperazine rings is 1. The zero-order chi connectivity index (χ0) is 20.5. The number of anilines is 1. The number of hydrogen-bond acceptors (Lipinski definition) is 5. The van der Waals surface area contributed by atoms with Crippen molar-refractivity contribution in [1.82, 2.24) is 19.9 Å². The number of rotatable bonds is 5. The molecule has 1 aromatic carbocycles. The predicted octanol–water partition coefficient (Wildman–Crippen LogP) is 3.78. The molecule has 0 bridgehead atoms. The summed E-state index contributed by atoms with van der Waals surface area (Å²) in [5.74, 6) is 2.38. The normalized spacial score (nSPS) is 16.5. The summed E-state index contributed by atoms with van der Waals surface area (Å²) in [5.41, 5.74) is 2.79. The van der Waals surface area contributed by atoms with Gasteiger partial charge in [-0.1, -0.05) is 32.0 Å². The second kappa shape index (κ2) is 7.95. The summed E-state index contributed by atoms with van der Waals surface area (Å²) in [4.78, 5) is 30.2. The second-order valence-corrected chi connectivity index (χ2v) is 8.19. The van der Waals surface area contributed by atoms with Gasteiger partial charge in [0.2, 0.25) is 0 Å². The van der Waals surface area contributed by atoms with Crippen LogP contribution in [0, 0.1) is 6.92 Å². The topological polar surface area (TPSA) is 65.1 Å². The summed E-state index contributed by atoms with van der Waals surface area (Å²) < 4.78 is 0. The molecule has 152 valence electrons. The van der Waals surface area contributed by atoms with Crippen LogP contribution in [0.1, 0.15) is 48.6 Å². The van der Waals surface area contributed by atoms with Gasteiger partial charge in [0.05, 0.1) is 6.04 Å². The number of carbonyl (C=O) groups is 1. The van der Waals surface area contributed by atoms with E-state index < -0.39 is 0 Å². The van der Waals surface area contributed by atoms with E-state index in [-0.39, 0.29) is 11.8 Å². The monoisotopic (exact) mass is 391 g/mol. The zero-order valence-electron chi connectivity index (χ0n) is 17.6. The molecule has 1 aliphatic rings. The second-order valence-electron chi connectivity index (χ2n) is 8.19. The molecule has 3 aromatic rings. The molecule has 6 nitrogen and oxygen atoms in total. The third-order valence-electron chi connectivity index (χ3n) is 5.79. The average molecular weight is 392 g/mol. The Hall–Kier alpha value is -2.73. The van der Waals surface area contributed by atoms with Crippen molar-refractivity contribution in [3.8, 4) is 0 Å². The summed E-state index contributed by atoms with van der Waals surface area (Å²) in [6.45, 7) is 11.7. The number of nitrogens with one attached hydrogen (secondary N) is 1. The van der Waals surface area contributed by atoms with E-state index in [9.17, 15) is 4.79 Å². The van der Waals surface area contributed by atoms with Gasteiger partial charge in [0.15, 0.2) is 5.78 Å². The first-order valence-electron chi connectivity index (χ1n) is 10.4. The van der Waals surface area contributed by atoms with Crippen molar-refractivity contribution in [2.45, 2.75) is 39.7 Å². The van der Waals surface area contributed by atoms with Crippen LogP contribution >= 0.6 is 0 Å². The van der Waals surface area contributed by atoms with E-state index in [1.807, 2.05) is 44.3 Å². The van der Waals surface area contributed by atoms with Gasteiger partial charge in [-0.15, -0.1) is 0 Å². The Morgan fingerprint density at radius 3 is 2.52 bits per heavy atom. The third-order valence-corrected chi connectivity index (χ3v) is 5.79. The van der Waals surface area contributed by atoms with Gasteiger partial charge in [-0.05, 0) is 19.9 Å². The SMILES string of the molecule is Cc1cc(N2CCN(C(C)C(=O)c3c[nH]c4ccccc34)CC2)nc(C(C)C)n1. The minimum absolute atomic E-state index is 0.144. The van der Waals surface area contributed by atoms with Gasteiger partial charge in [-0.2, -0.15) is 0 Å². The van der Waals surface area contributed by atoms with Gasteiger partial charge in [0.1, 0.15) is 11.6 Å². The minimum Gasteiger partial charge on any atom is -0.360 e. The lowest BCUT2D eigenvalue weighted by atomic mass is 10.0. The van der Waals surface area contributed by atoms with Gasteiger partial charge in [-0.3, -0.25) is 9.69 Å². The maximum absolute atomic E-state index is 13.1. The zero-order valence-corrected chi connectivity index (χ0v) is 17.6. The van der Waals surface area contributed by atoms with Gasteiger partial charge in [0, 0.05) is 66.5 Å². The quantitative estimate of drug-likeness (QED) is 0.671. The number of hydrogen-bond donors (Lipinski definition) is 1. The van der Waals surface area contributed by atoms with Crippen molar-refractivity contribution >= 4 is 22.5 Å². The van der Waals surface area contributed by atoms with Crippen molar-refractivity contribution < 1.29 is 4.79 Å². The average Bonchev–Trinajstić information content (AvgIpc) is 3.16. The van der Waals surface area contributed by atoms with E-state index in [0.29, 0.717) is 5.92 Å². The fourth-order valence-electron chi connectivity index (χ4n) is 4.00.